The predicted molar refractivity (Wildman–Crippen MR) is 97.7 cm³/mol. The van der Waals surface area contributed by atoms with E-state index in [4.69, 9.17) is 0 Å². The second-order valence-corrected chi connectivity index (χ2v) is 6.44. The number of anilines is 1. The molecule has 1 amide bonds. The van der Waals surface area contributed by atoms with E-state index in [2.05, 4.69) is 31.6 Å². The maximum absolute atomic E-state index is 12.6. The largest absolute Gasteiger partial charge is 0.320 e. The smallest absolute Gasteiger partial charge is 0.278 e. The molecule has 1 N–H and O–H groups in total. The van der Waals surface area contributed by atoms with Crippen LogP contribution >= 0.6 is 15.9 Å². The van der Waals surface area contributed by atoms with Gasteiger partial charge in [0.25, 0.3) is 5.91 Å². The maximum atomic E-state index is 12.6. The molecule has 6 heteroatoms. The zero-order valence-electron chi connectivity index (χ0n) is 13.7. The van der Waals surface area contributed by atoms with E-state index in [0.717, 1.165) is 27.0 Å². The Kier molecular flexibility index (Phi) is 4.49. The van der Waals surface area contributed by atoms with Crippen molar-refractivity contribution in [3.63, 3.8) is 0 Å². The van der Waals surface area contributed by atoms with E-state index in [-0.39, 0.29) is 5.91 Å². The summed E-state index contributed by atoms with van der Waals surface area (Å²) in [5.74, 6) is -0.264. The normalized spacial score (nSPS) is 10.7. The van der Waals surface area contributed by atoms with Crippen LogP contribution in [0.1, 0.15) is 27.3 Å². The summed E-state index contributed by atoms with van der Waals surface area (Å²) in [6.07, 6.45) is 0. The molecule has 0 radical (unpaired) electrons. The summed E-state index contributed by atoms with van der Waals surface area (Å²) in [7, 11) is 0. The first kappa shape index (κ1) is 16.4. The van der Waals surface area contributed by atoms with Crippen molar-refractivity contribution in [3.8, 4) is 5.69 Å². The van der Waals surface area contributed by atoms with E-state index in [9.17, 15) is 4.79 Å². The molecule has 0 bridgehead atoms. The summed E-state index contributed by atoms with van der Waals surface area (Å²) < 4.78 is 2.54. The number of amides is 1. The minimum atomic E-state index is -0.264. The molecule has 0 aliphatic heterocycles. The van der Waals surface area contributed by atoms with Crippen LogP contribution in [0.25, 0.3) is 5.69 Å². The van der Waals surface area contributed by atoms with Gasteiger partial charge in [-0.2, -0.15) is 0 Å². The highest BCUT2D eigenvalue weighted by molar-refractivity contribution is 9.10. The quantitative estimate of drug-likeness (QED) is 0.735. The van der Waals surface area contributed by atoms with Gasteiger partial charge in [0.05, 0.1) is 11.4 Å². The highest BCUT2D eigenvalue weighted by atomic mass is 79.9. The number of nitrogens with one attached hydrogen (secondary N) is 1. The first-order chi connectivity index (χ1) is 11.5. The Balaban J connectivity index is 1.92. The molecule has 0 saturated carbocycles. The third kappa shape index (κ3) is 2.97. The van der Waals surface area contributed by atoms with E-state index >= 15 is 0 Å². The van der Waals surface area contributed by atoms with E-state index in [1.807, 2.05) is 63.2 Å². The molecule has 0 atom stereocenters. The molecular formula is C18H17BrN4O. The molecule has 0 unspecified atom stereocenters. The molecule has 3 rings (SSSR count). The summed E-state index contributed by atoms with van der Waals surface area (Å²) in [5, 5.41) is 11.1. The van der Waals surface area contributed by atoms with Crippen LogP contribution in [0.4, 0.5) is 5.69 Å². The number of benzene rings is 2. The number of hydrogen-bond acceptors (Lipinski definition) is 3. The third-order valence-corrected chi connectivity index (χ3v) is 4.71. The predicted octanol–water partition coefficient (Wildman–Crippen LogP) is 4.21. The van der Waals surface area contributed by atoms with E-state index in [1.54, 1.807) is 4.68 Å². The number of carbonyl (C=O) groups is 1. The van der Waals surface area contributed by atoms with Gasteiger partial charge < -0.3 is 5.32 Å². The van der Waals surface area contributed by atoms with Crippen molar-refractivity contribution in [1.29, 1.82) is 0 Å². The molecule has 1 heterocycles. The van der Waals surface area contributed by atoms with Gasteiger partial charge in [-0.15, -0.1) is 5.10 Å². The third-order valence-electron chi connectivity index (χ3n) is 4.04. The van der Waals surface area contributed by atoms with Gasteiger partial charge in [-0.05, 0) is 66.0 Å². The van der Waals surface area contributed by atoms with Gasteiger partial charge in [0.2, 0.25) is 0 Å². The lowest BCUT2D eigenvalue weighted by molar-refractivity contribution is 0.102. The first-order valence-corrected chi connectivity index (χ1v) is 8.33. The molecule has 24 heavy (non-hydrogen) atoms. The van der Waals surface area contributed by atoms with Crippen molar-refractivity contribution in [2.24, 2.45) is 0 Å². The summed E-state index contributed by atoms with van der Waals surface area (Å²) in [6.45, 7) is 5.83. The van der Waals surface area contributed by atoms with Crippen LogP contribution in [0.3, 0.4) is 0 Å². The molecule has 0 saturated heterocycles. The number of hydrogen-bond donors (Lipinski definition) is 1. The monoisotopic (exact) mass is 384 g/mol. The zero-order chi connectivity index (χ0) is 17.3. The zero-order valence-corrected chi connectivity index (χ0v) is 15.3. The second kappa shape index (κ2) is 6.57. The second-order valence-electron chi connectivity index (χ2n) is 5.59. The van der Waals surface area contributed by atoms with Gasteiger partial charge in [0.1, 0.15) is 0 Å². The Hall–Kier alpha value is -2.47. The fraction of sp³-hybridized carbons (Fsp3) is 0.167. The molecule has 2 aromatic carbocycles. The highest BCUT2D eigenvalue weighted by Gasteiger charge is 2.19. The van der Waals surface area contributed by atoms with Crippen LogP contribution < -0.4 is 5.32 Å². The fourth-order valence-electron chi connectivity index (χ4n) is 2.46. The van der Waals surface area contributed by atoms with Crippen LogP contribution in [0.2, 0.25) is 0 Å². The number of aromatic nitrogens is 3. The van der Waals surface area contributed by atoms with E-state index < -0.39 is 0 Å². The van der Waals surface area contributed by atoms with Gasteiger partial charge in [-0.3, -0.25) is 4.79 Å². The van der Waals surface area contributed by atoms with Crippen molar-refractivity contribution in [2.45, 2.75) is 20.8 Å². The number of aryl methyl sites for hydroxylation is 1. The minimum Gasteiger partial charge on any atom is -0.320 e. The molecule has 0 fully saturated rings. The number of carbonyl (C=O) groups excluding carboxylic acids is 1. The molecule has 0 aliphatic carbocycles. The molecule has 1 aromatic heterocycles. The Labute approximate surface area is 148 Å². The number of nitrogens with zero attached hydrogens (tertiary/aromatic N) is 3. The van der Waals surface area contributed by atoms with Crippen LogP contribution in [0, 0.1) is 20.8 Å². The van der Waals surface area contributed by atoms with Gasteiger partial charge >= 0.3 is 0 Å². The van der Waals surface area contributed by atoms with Crippen molar-refractivity contribution < 1.29 is 4.79 Å². The molecule has 5 nitrogen and oxygen atoms in total. The van der Waals surface area contributed by atoms with Crippen molar-refractivity contribution in [2.75, 3.05) is 5.32 Å². The van der Waals surface area contributed by atoms with Crippen molar-refractivity contribution in [1.82, 2.24) is 15.0 Å². The molecule has 122 valence electrons. The number of rotatable bonds is 3. The highest BCUT2D eigenvalue weighted by Crippen LogP contribution is 2.23. The summed E-state index contributed by atoms with van der Waals surface area (Å²) in [4.78, 5) is 12.6. The average molecular weight is 385 g/mol. The Morgan fingerprint density at radius 1 is 1.08 bits per heavy atom. The average Bonchev–Trinajstić information content (AvgIpc) is 2.94. The van der Waals surface area contributed by atoms with Gasteiger partial charge in [-0.25, -0.2) is 4.68 Å². The van der Waals surface area contributed by atoms with E-state index in [0.29, 0.717) is 11.4 Å². The topological polar surface area (TPSA) is 59.8 Å². The summed E-state index contributed by atoms with van der Waals surface area (Å²) in [5.41, 5.74) is 4.79. The number of para-hydroxylation sites is 1. The van der Waals surface area contributed by atoms with Gasteiger partial charge in [-0.1, -0.05) is 29.5 Å². The maximum Gasteiger partial charge on any atom is 0.278 e. The number of halogens is 1. The standard InChI is InChI=1S/C18H17BrN4O/c1-11-7-6-9-15(12(11)2)20-18(24)17-13(3)23(22-21-17)16-10-5-4-8-14(16)19/h4-10H,1-3H3,(H,20,24). The SMILES string of the molecule is Cc1cccc(NC(=O)c2nnn(-c3ccccc3Br)c2C)c1C. The van der Waals surface area contributed by atoms with Crippen LogP contribution in [-0.4, -0.2) is 20.9 Å². The molecule has 3 aromatic rings. The fourth-order valence-corrected chi connectivity index (χ4v) is 2.91. The summed E-state index contributed by atoms with van der Waals surface area (Å²) in [6, 6.07) is 13.5. The lowest BCUT2D eigenvalue weighted by Crippen LogP contribution is -2.15. The summed E-state index contributed by atoms with van der Waals surface area (Å²) >= 11 is 3.50. The Morgan fingerprint density at radius 3 is 2.58 bits per heavy atom. The minimum absolute atomic E-state index is 0.264. The van der Waals surface area contributed by atoms with Crippen LogP contribution in [0.15, 0.2) is 46.9 Å². The Morgan fingerprint density at radius 2 is 1.83 bits per heavy atom. The van der Waals surface area contributed by atoms with Gasteiger partial charge in [0, 0.05) is 10.2 Å². The lowest BCUT2D eigenvalue weighted by Gasteiger charge is -2.10. The first-order valence-electron chi connectivity index (χ1n) is 7.54. The van der Waals surface area contributed by atoms with Gasteiger partial charge in [0.15, 0.2) is 5.69 Å². The lowest BCUT2D eigenvalue weighted by atomic mass is 10.1. The van der Waals surface area contributed by atoms with Crippen LogP contribution in [-0.2, 0) is 0 Å². The van der Waals surface area contributed by atoms with Crippen molar-refractivity contribution in [3.05, 3.63) is 69.5 Å². The van der Waals surface area contributed by atoms with Crippen LogP contribution in [0.5, 0.6) is 0 Å². The molecule has 0 aliphatic rings. The Bertz CT molecular complexity index is 917. The van der Waals surface area contributed by atoms with E-state index in [1.165, 1.54) is 0 Å². The molecule has 0 spiro atoms. The molecular weight excluding hydrogens is 368 g/mol. The van der Waals surface area contributed by atoms with Crippen molar-refractivity contribution >= 4 is 27.5 Å².